The fourth-order valence-corrected chi connectivity index (χ4v) is 1.75. The Labute approximate surface area is 100 Å². The van der Waals surface area contributed by atoms with Gasteiger partial charge in [0, 0.05) is 0 Å². The van der Waals surface area contributed by atoms with E-state index in [2.05, 4.69) is 37.3 Å². The maximum Gasteiger partial charge on any atom is -0.00913 e. The smallest absolute Gasteiger partial charge is 0.00913 e. The van der Waals surface area contributed by atoms with Gasteiger partial charge in [0.05, 0.1) is 0 Å². The van der Waals surface area contributed by atoms with Crippen molar-refractivity contribution in [2.45, 2.75) is 51.9 Å². The van der Waals surface area contributed by atoms with E-state index in [1.165, 1.54) is 44.1 Å². The molecule has 0 N–H and O–H groups in total. The molecule has 0 heterocycles. The fraction of sp³-hybridized carbons (Fsp3) is 0.500. The normalized spacial score (nSPS) is 11.1. The van der Waals surface area contributed by atoms with Crippen molar-refractivity contribution in [1.29, 1.82) is 0 Å². The topological polar surface area (TPSA) is 0 Å². The summed E-state index contributed by atoms with van der Waals surface area (Å²) in [5, 5.41) is 0. The largest absolute Gasteiger partial charge is 0.0882 e. The van der Waals surface area contributed by atoms with Gasteiger partial charge in [-0.25, -0.2) is 0 Å². The summed E-state index contributed by atoms with van der Waals surface area (Å²) in [7, 11) is 0. The quantitative estimate of drug-likeness (QED) is 0.425. The summed E-state index contributed by atoms with van der Waals surface area (Å²) in [6, 6.07) is 11.4. The lowest BCUT2D eigenvalue weighted by Crippen LogP contribution is -1.80. The number of allylic oxidation sites excluding steroid dienone is 2. The summed E-state index contributed by atoms with van der Waals surface area (Å²) in [6.45, 7) is 2.26. The van der Waals surface area contributed by atoms with Gasteiger partial charge in [0.2, 0.25) is 0 Å². The molecular weight excluding hydrogens is 192 g/mol. The van der Waals surface area contributed by atoms with E-state index in [1.54, 1.807) is 0 Å². The molecule has 0 atom stereocenters. The Kier molecular flexibility index (Phi) is 7.49. The van der Waals surface area contributed by atoms with Crippen molar-refractivity contribution in [3.8, 4) is 0 Å². The third-order valence-corrected chi connectivity index (χ3v) is 2.75. The summed E-state index contributed by atoms with van der Waals surface area (Å²) >= 11 is 0. The summed E-state index contributed by atoms with van der Waals surface area (Å²) in [4.78, 5) is 0. The standard InChI is InChI=1S/C16H23/c1-2-3-4-5-6-7-8-10-13-16-14-11-9-12-15-16/h8-12,14H,2-7,13H2,1H3. The van der Waals surface area contributed by atoms with Crippen LogP contribution in [0.25, 0.3) is 0 Å². The van der Waals surface area contributed by atoms with E-state index in [4.69, 9.17) is 0 Å². The molecule has 0 saturated heterocycles. The molecule has 0 aromatic heterocycles. The molecule has 0 nitrogen and oxygen atoms in total. The van der Waals surface area contributed by atoms with E-state index in [0.29, 0.717) is 0 Å². The summed E-state index contributed by atoms with van der Waals surface area (Å²) in [5.74, 6) is 0. The molecule has 0 amide bonds. The molecule has 1 aromatic rings. The lowest BCUT2D eigenvalue weighted by Gasteiger charge is -1.96. The van der Waals surface area contributed by atoms with E-state index in [-0.39, 0.29) is 0 Å². The Morgan fingerprint density at radius 1 is 1.06 bits per heavy atom. The molecule has 0 bridgehead atoms. The van der Waals surface area contributed by atoms with Gasteiger partial charge in [-0.2, -0.15) is 0 Å². The number of benzene rings is 1. The summed E-state index contributed by atoms with van der Waals surface area (Å²) < 4.78 is 0. The van der Waals surface area contributed by atoms with E-state index in [9.17, 15) is 0 Å². The van der Waals surface area contributed by atoms with Gasteiger partial charge in [-0.05, 0) is 30.9 Å². The second-order valence-corrected chi connectivity index (χ2v) is 4.27. The zero-order valence-corrected chi connectivity index (χ0v) is 10.4. The van der Waals surface area contributed by atoms with Gasteiger partial charge in [0.15, 0.2) is 0 Å². The Balaban J connectivity index is 2.01. The molecule has 0 unspecified atom stereocenters. The van der Waals surface area contributed by atoms with Gasteiger partial charge >= 0.3 is 0 Å². The first-order valence-electron chi connectivity index (χ1n) is 6.54. The van der Waals surface area contributed by atoms with Crippen LogP contribution in [-0.2, 0) is 6.42 Å². The number of hydrogen-bond acceptors (Lipinski definition) is 0. The van der Waals surface area contributed by atoms with Crippen LogP contribution in [0.4, 0.5) is 0 Å². The Hall–Kier alpha value is -1.04. The van der Waals surface area contributed by atoms with Gasteiger partial charge in [0.25, 0.3) is 0 Å². The molecule has 0 aliphatic heterocycles. The van der Waals surface area contributed by atoms with Crippen LogP contribution in [0.3, 0.4) is 0 Å². The molecule has 0 aliphatic rings. The van der Waals surface area contributed by atoms with Gasteiger partial charge in [0.1, 0.15) is 0 Å². The third kappa shape index (κ3) is 6.44. The second kappa shape index (κ2) is 9.21. The van der Waals surface area contributed by atoms with E-state index in [0.717, 1.165) is 6.42 Å². The molecule has 0 fully saturated rings. The fourth-order valence-electron chi connectivity index (χ4n) is 1.75. The van der Waals surface area contributed by atoms with Crippen molar-refractivity contribution in [2.75, 3.05) is 0 Å². The molecule has 1 radical (unpaired) electrons. The van der Waals surface area contributed by atoms with E-state index in [1.807, 2.05) is 12.1 Å². The second-order valence-electron chi connectivity index (χ2n) is 4.27. The minimum absolute atomic E-state index is 1.02. The molecular formula is C16H23. The maximum atomic E-state index is 3.24. The van der Waals surface area contributed by atoms with Gasteiger partial charge < -0.3 is 0 Å². The highest BCUT2D eigenvalue weighted by molar-refractivity contribution is 5.15. The highest BCUT2D eigenvalue weighted by Gasteiger charge is 1.88. The Morgan fingerprint density at radius 3 is 2.69 bits per heavy atom. The zero-order chi connectivity index (χ0) is 11.5. The highest BCUT2D eigenvalue weighted by atomic mass is 13.9. The average molecular weight is 215 g/mol. The van der Waals surface area contributed by atoms with Crippen molar-refractivity contribution in [3.63, 3.8) is 0 Å². The minimum Gasteiger partial charge on any atom is -0.0882 e. The van der Waals surface area contributed by atoms with Crippen LogP contribution >= 0.6 is 0 Å². The van der Waals surface area contributed by atoms with E-state index < -0.39 is 0 Å². The van der Waals surface area contributed by atoms with Crippen LogP contribution in [0.15, 0.2) is 36.4 Å². The molecule has 0 aliphatic carbocycles. The predicted molar refractivity (Wildman–Crippen MR) is 71.5 cm³/mol. The minimum atomic E-state index is 1.02. The van der Waals surface area contributed by atoms with Crippen LogP contribution < -0.4 is 0 Å². The van der Waals surface area contributed by atoms with Crippen LogP contribution in [0.5, 0.6) is 0 Å². The number of rotatable bonds is 8. The summed E-state index contributed by atoms with van der Waals surface area (Å²) in [6.07, 6.45) is 13.7. The number of hydrogen-bond donors (Lipinski definition) is 0. The maximum absolute atomic E-state index is 3.24. The molecule has 0 heteroatoms. The highest BCUT2D eigenvalue weighted by Crippen LogP contribution is 2.06. The first kappa shape index (κ1) is 13.0. The van der Waals surface area contributed by atoms with Crippen LogP contribution in [0.1, 0.15) is 51.0 Å². The molecule has 0 spiro atoms. The van der Waals surface area contributed by atoms with Crippen molar-refractivity contribution < 1.29 is 0 Å². The average Bonchev–Trinajstić information content (AvgIpc) is 2.34. The third-order valence-electron chi connectivity index (χ3n) is 2.75. The SMILES string of the molecule is CCCCCCCC=CCc1[c]cccc1. The van der Waals surface area contributed by atoms with Crippen LogP contribution in [0.2, 0.25) is 0 Å². The van der Waals surface area contributed by atoms with Crippen molar-refractivity contribution >= 4 is 0 Å². The monoisotopic (exact) mass is 215 g/mol. The molecule has 87 valence electrons. The van der Waals surface area contributed by atoms with Crippen molar-refractivity contribution in [2.24, 2.45) is 0 Å². The Morgan fingerprint density at radius 2 is 1.94 bits per heavy atom. The van der Waals surface area contributed by atoms with Gasteiger partial charge in [-0.15, -0.1) is 0 Å². The van der Waals surface area contributed by atoms with Gasteiger partial charge in [-0.1, -0.05) is 69.0 Å². The van der Waals surface area contributed by atoms with E-state index >= 15 is 0 Å². The molecule has 16 heavy (non-hydrogen) atoms. The first-order chi connectivity index (χ1) is 7.93. The predicted octanol–water partition coefficient (Wildman–Crippen LogP) is 4.95. The molecule has 0 saturated carbocycles. The van der Waals surface area contributed by atoms with Crippen molar-refractivity contribution in [1.82, 2.24) is 0 Å². The first-order valence-corrected chi connectivity index (χ1v) is 6.54. The van der Waals surface area contributed by atoms with Crippen molar-refractivity contribution in [3.05, 3.63) is 48.0 Å². The molecule has 1 aromatic carbocycles. The zero-order valence-electron chi connectivity index (χ0n) is 10.4. The summed E-state index contributed by atoms with van der Waals surface area (Å²) in [5.41, 5.74) is 1.28. The Bertz CT molecular complexity index is 271. The van der Waals surface area contributed by atoms with Crippen LogP contribution in [0, 0.1) is 6.07 Å². The van der Waals surface area contributed by atoms with Crippen LogP contribution in [-0.4, -0.2) is 0 Å². The number of unbranched alkanes of at least 4 members (excludes halogenated alkanes) is 5. The lowest BCUT2D eigenvalue weighted by molar-refractivity contribution is 0.637. The molecule has 1 rings (SSSR count). The van der Waals surface area contributed by atoms with Gasteiger partial charge in [-0.3, -0.25) is 0 Å². The lowest BCUT2D eigenvalue weighted by atomic mass is 10.1.